The first-order valence-corrected chi connectivity index (χ1v) is 11.9. The molecule has 2 unspecified atom stereocenters. The van der Waals surface area contributed by atoms with Gasteiger partial charge in [0.05, 0.1) is 12.1 Å². The minimum absolute atomic E-state index is 0.00197. The van der Waals surface area contributed by atoms with E-state index in [9.17, 15) is 23.1 Å². The fourth-order valence-electron chi connectivity index (χ4n) is 4.44. The van der Waals surface area contributed by atoms with Crippen molar-refractivity contribution in [2.75, 3.05) is 6.54 Å². The average Bonchev–Trinajstić information content (AvgIpc) is 3.18. The predicted octanol–water partition coefficient (Wildman–Crippen LogP) is 0.536. The van der Waals surface area contributed by atoms with E-state index >= 15 is 0 Å². The van der Waals surface area contributed by atoms with Gasteiger partial charge in [-0.2, -0.15) is 4.31 Å². The first-order valence-electron chi connectivity index (χ1n) is 10.5. The number of rotatable bonds is 7. The molecule has 4 N–H and O–H groups in total. The number of amides is 2. The van der Waals surface area contributed by atoms with Crippen LogP contribution in [0.15, 0.2) is 29.4 Å². The molecule has 2 amide bonds. The third kappa shape index (κ3) is 5.16. The quantitative estimate of drug-likeness (QED) is 0.567. The zero-order valence-electron chi connectivity index (χ0n) is 16.9. The Morgan fingerprint density at radius 2 is 1.93 bits per heavy atom. The summed E-state index contributed by atoms with van der Waals surface area (Å²) in [4.78, 5) is 28.5. The van der Waals surface area contributed by atoms with E-state index in [1.54, 1.807) is 6.07 Å². The van der Waals surface area contributed by atoms with Gasteiger partial charge in [0.15, 0.2) is 5.03 Å². The van der Waals surface area contributed by atoms with Crippen molar-refractivity contribution < 1.29 is 23.1 Å². The SMILES string of the molecule is NC(=O)C1[C@@H](O)C(NC(=O)CCC2CCCC2)CCCN1S(=O)(=O)c1ccccn1. The topological polar surface area (TPSA) is 143 Å². The van der Waals surface area contributed by atoms with E-state index in [2.05, 4.69) is 10.3 Å². The third-order valence-corrected chi connectivity index (χ3v) is 7.84. The molecule has 2 aliphatic rings. The molecule has 3 rings (SSSR count). The molecular formula is C20H30N4O5S. The number of aliphatic hydroxyl groups excluding tert-OH is 1. The number of aromatic nitrogens is 1. The Bertz CT molecular complexity index is 842. The molecule has 1 saturated heterocycles. The molecule has 0 aromatic carbocycles. The summed E-state index contributed by atoms with van der Waals surface area (Å²) >= 11 is 0. The van der Waals surface area contributed by atoms with Crippen LogP contribution in [0, 0.1) is 5.92 Å². The fourth-order valence-corrected chi connectivity index (χ4v) is 6.02. The van der Waals surface area contributed by atoms with E-state index < -0.39 is 34.1 Å². The van der Waals surface area contributed by atoms with E-state index in [0.717, 1.165) is 23.6 Å². The number of carbonyl (C=O) groups is 2. The first kappa shape index (κ1) is 22.6. The second-order valence-corrected chi connectivity index (χ2v) is 9.96. The van der Waals surface area contributed by atoms with Crippen molar-refractivity contribution in [3.8, 4) is 0 Å². The Hall–Kier alpha value is -2.04. The third-order valence-electron chi connectivity index (χ3n) is 6.04. The van der Waals surface area contributed by atoms with E-state index in [0.29, 0.717) is 25.2 Å². The summed E-state index contributed by atoms with van der Waals surface area (Å²) in [7, 11) is -4.14. The molecule has 2 fully saturated rings. The van der Waals surface area contributed by atoms with E-state index in [1.807, 2.05) is 0 Å². The molecular weight excluding hydrogens is 408 g/mol. The van der Waals surface area contributed by atoms with Crippen molar-refractivity contribution in [3.05, 3.63) is 24.4 Å². The molecule has 30 heavy (non-hydrogen) atoms. The van der Waals surface area contributed by atoms with Crippen molar-refractivity contribution in [2.24, 2.45) is 11.7 Å². The monoisotopic (exact) mass is 438 g/mol. The van der Waals surface area contributed by atoms with Gasteiger partial charge >= 0.3 is 0 Å². The fraction of sp³-hybridized carbons (Fsp3) is 0.650. The summed E-state index contributed by atoms with van der Waals surface area (Å²) < 4.78 is 27.0. The minimum Gasteiger partial charge on any atom is -0.389 e. The van der Waals surface area contributed by atoms with Crippen LogP contribution >= 0.6 is 0 Å². The Morgan fingerprint density at radius 3 is 2.57 bits per heavy atom. The molecule has 9 nitrogen and oxygen atoms in total. The lowest BCUT2D eigenvalue weighted by Crippen LogP contribution is -2.58. The Morgan fingerprint density at radius 1 is 1.20 bits per heavy atom. The largest absolute Gasteiger partial charge is 0.389 e. The number of nitrogens with zero attached hydrogens (tertiary/aromatic N) is 2. The molecule has 1 aliphatic heterocycles. The predicted molar refractivity (Wildman–Crippen MR) is 109 cm³/mol. The molecule has 2 heterocycles. The normalized spacial score (nSPS) is 26.2. The second kappa shape index (κ2) is 9.84. The Balaban J connectivity index is 1.72. The molecule has 1 aromatic rings. The van der Waals surface area contributed by atoms with Gasteiger partial charge in [-0.25, -0.2) is 13.4 Å². The van der Waals surface area contributed by atoms with Gasteiger partial charge in [-0.1, -0.05) is 31.7 Å². The minimum atomic E-state index is -4.14. The molecule has 10 heteroatoms. The van der Waals surface area contributed by atoms with Crippen LogP contribution in [0.3, 0.4) is 0 Å². The number of aliphatic hydroxyl groups is 1. The van der Waals surface area contributed by atoms with Crippen LogP contribution in [0.4, 0.5) is 0 Å². The molecule has 0 bridgehead atoms. The summed E-state index contributed by atoms with van der Waals surface area (Å²) in [5, 5.41) is 13.4. The van der Waals surface area contributed by atoms with Gasteiger partial charge in [-0.05, 0) is 37.3 Å². The lowest BCUT2D eigenvalue weighted by Gasteiger charge is -2.31. The number of sulfonamides is 1. The van der Waals surface area contributed by atoms with Crippen molar-refractivity contribution >= 4 is 21.8 Å². The smallest absolute Gasteiger partial charge is 0.261 e. The van der Waals surface area contributed by atoms with Crippen molar-refractivity contribution in [3.63, 3.8) is 0 Å². The van der Waals surface area contributed by atoms with Crippen LogP contribution in [-0.4, -0.2) is 59.4 Å². The zero-order chi connectivity index (χ0) is 21.7. The number of carbonyl (C=O) groups excluding carboxylic acids is 2. The maximum atomic E-state index is 13.0. The van der Waals surface area contributed by atoms with Gasteiger partial charge in [0.1, 0.15) is 6.04 Å². The van der Waals surface area contributed by atoms with Crippen molar-refractivity contribution in [1.29, 1.82) is 0 Å². The summed E-state index contributed by atoms with van der Waals surface area (Å²) in [6.07, 6.45) is 6.44. The number of hydrogen-bond acceptors (Lipinski definition) is 6. The van der Waals surface area contributed by atoms with E-state index in [4.69, 9.17) is 5.73 Å². The maximum Gasteiger partial charge on any atom is 0.261 e. The van der Waals surface area contributed by atoms with Gasteiger partial charge in [0.2, 0.25) is 11.8 Å². The van der Waals surface area contributed by atoms with Crippen LogP contribution < -0.4 is 11.1 Å². The van der Waals surface area contributed by atoms with Gasteiger partial charge in [-0.3, -0.25) is 9.59 Å². The zero-order valence-corrected chi connectivity index (χ0v) is 17.8. The number of nitrogens with one attached hydrogen (secondary N) is 1. The number of hydrogen-bond donors (Lipinski definition) is 3. The van der Waals surface area contributed by atoms with Crippen LogP contribution in [0.1, 0.15) is 51.4 Å². The summed E-state index contributed by atoms with van der Waals surface area (Å²) in [6.45, 7) is -0.00197. The number of pyridine rings is 1. The van der Waals surface area contributed by atoms with Crippen LogP contribution in [0.25, 0.3) is 0 Å². The second-order valence-electron chi connectivity index (χ2n) is 8.13. The van der Waals surface area contributed by atoms with Gasteiger partial charge in [-0.15, -0.1) is 0 Å². The average molecular weight is 439 g/mol. The summed E-state index contributed by atoms with van der Waals surface area (Å²) in [6, 6.07) is 2.20. The molecule has 1 aliphatic carbocycles. The Kier molecular flexibility index (Phi) is 7.43. The van der Waals surface area contributed by atoms with Crippen LogP contribution in [0.2, 0.25) is 0 Å². The summed E-state index contributed by atoms with van der Waals surface area (Å²) in [5.41, 5.74) is 5.49. The molecule has 1 saturated carbocycles. The first-order chi connectivity index (χ1) is 14.3. The van der Waals surface area contributed by atoms with Crippen molar-refractivity contribution in [1.82, 2.24) is 14.6 Å². The highest BCUT2D eigenvalue weighted by molar-refractivity contribution is 7.89. The highest BCUT2D eigenvalue weighted by atomic mass is 32.2. The highest BCUT2D eigenvalue weighted by Gasteiger charge is 2.44. The molecule has 0 spiro atoms. The van der Waals surface area contributed by atoms with Gasteiger partial charge in [0, 0.05) is 19.2 Å². The van der Waals surface area contributed by atoms with Gasteiger partial charge in [0.25, 0.3) is 10.0 Å². The highest BCUT2D eigenvalue weighted by Crippen LogP contribution is 2.29. The standard InChI is InChI=1S/C20H30N4O5S/c21-20(27)18-19(26)15(23-16(25)11-10-14-6-1-2-7-14)8-5-13-24(18)30(28,29)17-9-3-4-12-22-17/h3-4,9,12,14-15,18-19,26H,1-2,5-8,10-11,13H2,(H2,21,27)(H,23,25)/t15?,18?,19-/m0/s1. The van der Waals surface area contributed by atoms with E-state index in [1.165, 1.54) is 31.2 Å². The molecule has 166 valence electrons. The van der Waals surface area contributed by atoms with Gasteiger partial charge < -0.3 is 16.2 Å². The molecule has 0 radical (unpaired) electrons. The maximum absolute atomic E-state index is 13.0. The lowest BCUT2D eigenvalue weighted by atomic mass is 9.99. The van der Waals surface area contributed by atoms with Crippen LogP contribution in [-0.2, 0) is 19.6 Å². The lowest BCUT2D eigenvalue weighted by molar-refractivity contribution is -0.128. The van der Waals surface area contributed by atoms with Crippen molar-refractivity contribution in [2.45, 2.75) is 74.6 Å². The molecule has 1 aromatic heterocycles. The Labute approximate surface area is 177 Å². The number of nitrogens with two attached hydrogens (primary N) is 1. The molecule has 3 atom stereocenters. The van der Waals surface area contributed by atoms with E-state index in [-0.39, 0.29) is 17.5 Å². The summed E-state index contributed by atoms with van der Waals surface area (Å²) in [5.74, 6) is -0.600. The number of primary amides is 1. The van der Waals surface area contributed by atoms with Crippen LogP contribution in [0.5, 0.6) is 0 Å².